The van der Waals surface area contributed by atoms with Gasteiger partial charge in [0.25, 0.3) is 0 Å². The van der Waals surface area contributed by atoms with Gasteiger partial charge >= 0.3 is 0 Å². The predicted octanol–water partition coefficient (Wildman–Crippen LogP) is 5.64. The van der Waals surface area contributed by atoms with Crippen molar-refractivity contribution in [1.82, 2.24) is 0 Å². The van der Waals surface area contributed by atoms with Gasteiger partial charge < -0.3 is 9.84 Å². The van der Waals surface area contributed by atoms with Gasteiger partial charge in [-0.05, 0) is 35.4 Å². The molecule has 0 aliphatic heterocycles. The third kappa shape index (κ3) is 3.62. The van der Waals surface area contributed by atoms with Crippen molar-refractivity contribution in [1.29, 1.82) is 0 Å². The molecule has 2 nitrogen and oxygen atoms in total. The number of aromatic hydroxyl groups is 1. The van der Waals surface area contributed by atoms with Gasteiger partial charge in [0.1, 0.15) is 12.4 Å². The highest BCUT2D eigenvalue weighted by Crippen LogP contribution is 2.40. The highest BCUT2D eigenvalue weighted by atomic mass is 35.5. The minimum absolute atomic E-state index is 0.237. The first kappa shape index (κ1) is 17.3. The van der Waals surface area contributed by atoms with E-state index in [9.17, 15) is 5.11 Å². The second-order valence-electron chi connectivity index (χ2n) is 5.48. The summed E-state index contributed by atoms with van der Waals surface area (Å²) in [6.45, 7) is 4.49. The lowest BCUT2D eigenvalue weighted by Gasteiger charge is -2.27. The van der Waals surface area contributed by atoms with Crippen LogP contribution in [0.25, 0.3) is 0 Å². The molecule has 0 saturated heterocycles. The number of phenols is 1. The Morgan fingerprint density at radius 3 is 2.05 bits per heavy atom. The van der Waals surface area contributed by atoms with Crippen LogP contribution in [-0.4, -0.2) is 17.6 Å². The zero-order chi connectivity index (χ0) is 16.3. The molecule has 0 amide bonds. The van der Waals surface area contributed by atoms with Crippen LogP contribution >= 0.6 is 34.8 Å². The Kier molecular flexibility index (Phi) is 5.49. The van der Waals surface area contributed by atoms with E-state index in [4.69, 9.17) is 39.5 Å². The Balaban J connectivity index is 2.41. The van der Waals surface area contributed by atoms with E-state index in [0.717, 1.165) is 11.1 Å². The normalized spacial score (nSPS) is 11.5. The molecule has 0 atom stereocenters. The van der Waals surface area contributed by atoms with Crippen LogP contribution in [-0.2, 0) is 5.41 Å². The average molecular weight is 360 g/mol. The first-order chi connectivity index (χ1) is 10.4. The van der Waals surface area contributed by atoms with Gasteiger partial charge in [-0.15, -0.1) is 11.6 Å². The fourth-order valence-corrected chi connectivity index (χ4v) is 2.92. The molecule has 5 heteroatoms. The lowest BCUT2D eigenvalue weighted by atomic mass is 9.78. The van der Waals surface area contributed by atoms with Crippen molar-refractivity contribution in [2.75, 3.05) is 12.5 Å². The van der Waals surface area contributed by atoms with Crippen LogP contribution in [0.15, 0.2) is 36.4 Å². The average Bonchev–Trinajstić information content (AvgIpc) is 2.46. The van der Waals surface area contributed by atoms with E-state index in [-0.39, 0.29) is 11.2 Å². The summed E-state index contributed by atoms with van der Waals surface area (Å²) in [6, 6.07) is 10.8. The Morgan fingerprint density at radius 1 is 1.00 bits per heavy atom. The van der Waals surface area contributed by atoms with Crippen molar-refractivity contribution in [2.45, 2.75) is 19.3 Å². The van der Waals surface area contributed by atoms with Crippen molar-refractivity contribution in [3.8, 4) is 11.5 Å². The number of ether oxygens (including phenoxy) is 1. The van der Waals surface area contributed by atoms with E-state index in [1.807, 2.05) is 24.3 Å². The van der Waals surface area contributed by atoms with Gasteiger partial charge in [0.15, 0.2) is 5.75 Å². The monoisotopic (exact) mass is 358 g/mol. The summed E-state index contributed by atoms with van der Waals surface area (Å²) in [6.07, 6.45) is 0. The first-order valence-corrected chi connectivity index (χ1v) is 8.13. The molecule has 118 valence electrons. The first-order valence-electron chi connectivity index (χ1n) is 6.84. The Hall–Kier alpha value is -1.09. The van der Waals surface area contributed by atoms with E-state index in [0.29, 0.717) is 28.3 Å². The van der Waals surface area contributed by atoms with Gasteiger partial charge in [-0.3, -0.25) is 0 Å². The molecule has 0 radical (unpaired) electrons. The molecule has 2 aromatic rings. The molecule has 0 bridgehead atoms. The summed E-state index contributed by atoms with van der Waals surface area (Å²) in [5.74, 6) is 1.06. The van der Waals surface area contributed by atoms with E-state index in [1.54, 1.807) is 12.1 Å². The van der Waals surface area contributed by atoms with E-state index >= 15 is 0 Å². The van der Waals surface area contributed by atoms with E-state index < -0.39 is 0 Å². The minimum atomic E-state index is -0.313. The summed E-state index contributed by atoms with van der Waals surface area (Å²) >= 11 is 18.2. The standard InChI is InChI=1S/C17H17Cl3O2/c1-17(2,11-3-5-13(21)6-4-11)12-9-14(19)16(15(20)10-12)22-8-7-18/h3-6,9-10,21H,7-8H2,1-2H3. The van der Waals surface area contributed by atoms with Gasteiger partial charge in [-0.25, -0.2) is 0 Å². The SMILES string of the molecule is CC(C)(c1ccc(O)cc1)c1cc(Cl)c(OCCCl)c(Cl)c1. The van der Waals surface area contributed by atoms with Crippen molar-refractivity contribution in [3.63, 3.8) is 0 Å². The second-order valence-corrected chi connectivity index (χ2v) is 6.67. The molecule has 2 aromatic carbocycles. The van der Waals surface area contributed by atoms with Gasteiger partial charge in [0.2, 0.25) is 0 Å². The van der Waals surface area contributed by atoms with Crippen molar-refractivity contribution in [2.24, 2.45) is 0 Å². The molecule has 2 rings (SSSR count). The van der Waals surface area contributed by atoms with Crippen LogP contribution < -0.4 is 4.74 Å². The highest BCUT2D eigenvalue weighted by Gasteiger charge is 2.25. The van der Waals surface area contributed by atoms with E-state index in [2.05, 4.69) is 13.8 Å². The number of halogens is 3. The van der Waals surface area contributed by atoms with Crippen molar-refractivity contribution in [3.05, 3.63) is 57.6 Å². The fourth-order valence-electron chi connectivity index (χ4n) is 2.24. The predicted molar refractivity (Wildman–Crippen MR) is 92.9 cm³/mol. The molecular weight excluding hydrogens is 343 g/mol. The molecule has 0 unspecified atom stereocenters. The number of hydrogen-bond acceptors (Lipinski definition) is 2. The Bertz CT molecular complexity index is 628. The molecular formula is C17H17Cl3O2. The molecule has 22 heavy (non-hydrogen) atoms. The van der Waals surface area contributed by atoms with Gasteiger partial charge in [-0.1, -0.05) is 49.2 Å². The zero-order valence-corrected chi connectivity index (χ0v) is 14.6. The third-order valence-corrected chi connectivity index (χ3v) is 4.35. The molecule has 0 heterocycles. The van der Waals surface area contributed by atoms with Gasteiger partial charge in [0.05, 0.1) is 15.9 Å². The maximum absolute atomic E-state index is 9.43. The lowest BCUT2D eigenvalue weighted by Crippen LogP contribution is -2.19. The van der Waals surface area contributed by atoms with E-state index in [1.165, 1.54) is 0 Å². The smallest absolute Gasteiger partial charge is 0.156 e. The molecule has 0 aromatic heterocycles. The fraction of sp³-hybridized carbons (Fsp3) is 0.294. The van der Waals surface area contributed by atoms with Crippen LogP contribution in [0.4, 0.5) is 0 Å². The number of phenolic OH excluding ortho intramolecular Hbond substituents is 1. The molecule has 1 N–H and O–H groups in total. The summed E-state index contributed by atoms with van der Waals surface area (Å²) in [5.41, 5.74) is 1.70. The molecule has 0 saturated carbocycles. The van der Waals surface area contributed by atoms with Crippen LogP contribution in [0.3, 0.4) is 0 Å². The highest BCUT2D eigenvalue weighted by molar-refractivity contribution is 6.37. The van der Waals surface area contributed by atoms with Gasteiger partial charge in [0, 0.05) is 5.41 Å². The molecule has 0 aliphatic rings. The minimum Gasteiger partial charge on any atom is -0.508 e. The number of rotatable bonds is 5. The van der Waals surface area contributed by atoms with Gasteiger partial charge in [-0.2, -0.15) is 0 Å². The molecule has 0 fully saturated rings. The molecule has 0 spiro atoms. The third-order valence-electron chi connectivity index (χ3n) is 3.63. The van der Waals surface area contributed by atoms with Crippen molar-refractivity contribution < 1.29 is 9.84 Å². The van der Waals surface area contributed by atoms with Crippen LogP contribution in [0, 0.1) is 0 Å². The largest absolute Gasteiger partial charge is 0.508 e. The maximum atomic E-state index is 9.43. The van der Waals surface area contributed by atoms with Crippen molar-refractivity contribution >= 4 is 34.8 Å². The topological polar surface area (TPSA) is 29.5 Å². The summed E-state index contributed by atoms with van der Waals surface area (Å²) in [5, 5.41) is 10.3. The number of alkyl halides is 1. The van der Waals surface area contributed by atoms with Crippen LogP contribution in [0.2, 0.25) is 10.0 Å². The lowest BCUT2D eigenvalue weighted by molar-refractivity contribution is 0.343. The maximum Gasteiger partial charge on any atom is 0.156 e. The Labute approximate surface area is 145 Å². The Morgan fingerprint density at radius 2 is 1.55 bits per heavy atom. The summed E-state index contributed by atoms with van der Waals surface area (Å²) < 4.78 is 5.48. The number of hydrogen-bond donors (Lipinski definition) is 1. The second kappa shape index (κ2) is 6.99. The zero-order valence-electron chi connectivity index (χ0n) is 12.4. The summed E-state index contributed by atoms with van der Waals surface area (Å²) in [4.78, 5) is 0. The van der Waals surface area contributed by atoms with Crippen LogP contribution in [0.1, 0.15) is 25.0 Å². The number of benzene rings is 2. The summed E-state index contributed by atoms with van der Waals surface area (Å²) in [7, 11) is 0. The quantitative estimate of drug-likeness (QED) is 0.700. The molecule has 0 aliphatic carbocycles. The van der Waals surface area contributed by atoms with Crippen LogP contribution in [0.5, 0.6) is 11.5 Å².